The van der Waals surface area contributed by atoms with Gasteiger partial charge in [-0.2, -0.15) is 0 Å². The molecule has 1 atom stereocenters. The van der Waals surface area contributed by atoms with Crippen LogP contribution in [0.15, 0.2) is 24.3 Å². The number of halogens is 2. The first-order valence-electron chi connectivity index (χ1n) is 5.08. The van der Waals surface area contributed by atoms with Crippen molar-refractivity contribution in [1.29, 1.82) is 0 Å². The Morgan fingerprint density at radius 2 is 2.24 bits per heavy atom. The van der Waals surface area contributed by atoms with E-state index in [9.17, 15) is 4.79 Å². The molecule has 1 amide bonds. The van der Waals surface area contributed by atoms with E-state index in [2.05, 4.69) is 5.32 Å². The van der Waals surface area contributed by atoms with Gasteiger partial charge in [0.25, 0.3) is 0 Å². The average molecular weight is 274 g/mol. The molecule has 0 aromatic heterocycles. The number of aliphatic hydroxyl groups is 1. The third-order valence-corrected chi connectivity index (χ3v) is 2.89. The van der Waals surface area contributed by atoms with Crippen molar-refractivity contribution in [3.05, 3.63) is 39.9 Å². The summed E-state index contributed by atoms with van der Waals surface area (Å²) in [6.45, 7) is 1.61. The molecule has 0 aliphatic rings. The molecule has 5 heteroatoms. The summed E-state index contributed by atoms with van der Waals surface area (Å²) in [5.41, 5.74) is 0.672. The lowest BCUT2D eigenvalue weighted by molar-refractivity contribution is -0.117. The van der Waals surface area contributed by atoms with Crippen molar-refractivity contribution in [3.8, 4) is 0 Å². The second-order valence-electron chi connectivity index (χ2n) is 3.57. The van der Waals surface area contributed by atoms with E-state index in [1.165, 1.54) is 6.08 Å². The van der Waals surface area contributed by atoms with Crippen molar-refractivity contribution in [3.63, 3.8) is 0 Å². The largest absolute Gasteiger partial charge is 0.394 e. The molecule has 0 aliphatic heterocycles. The molecule has 0 fully saturated rings. The van der Waals surface area contributed by atoms with Gasteiger partial charge in [0.2, 0.25) is 5.91 Å². The van der Waals surface area contributed by atoms with Crippen LogP contribution in [0.2, 0.25) is 10.0 Å². The summed E-state index contributed by atoms with van der Waals surface area (Å²) in [5, 5.41) is 12.2. The second kappa shape index (κ2) is 6.64. The van der Waals surface area contributed by atoms with E-state index in [-0.39, 0.29) is 18.6 Å². The zero-order chi connectivity index (χ0) is 12.8. The summed E-state index contributed by atoms with van der Waals surface area (Å²) in [7, 11) is 0. The molecule has 2 N–H and O–H groups in total. The summed E-state index contributed by atoms with van der Waals surface area (Å²) in [4.78, 5) is 11.4. The summed E-state index contributed by atoms with van der Waals surface area (Å²) in [6.07, 6.45) is 2.93. The van der Waals surface area contributed by atoms with Gasteiger partial charge in [0.05, 0.1) is 16.7 Å². The quantitative estimate of drug-likeness (QED) is 0.829. The molecule has 1 aromatic rings. The van der Waals surface area contributed by atoms with Gasteiger partial charge >= 0.3 is 0 Å². The molecule has 0 heterocycles. The predicted octanol–water partition coefficient (Wildman–Crippen LogP) is 2.50. The minimum absolute atomic E-state index is 0.0997. The number of rotatable bonds is 4. The van der Waals surface area contributed by atoms with Gasteiger partial charge in [0.1, 0.15) is 0 Å². The third-order valence-electron chi connectivity index (χ3n) is 2.06. The van der Waals surface area contributed by atoms with Crippen molar-refractivity contribution in [1.82, 2.24) is 5.32 Å². The van der Waals surface area contributed by atoms with E-state index in [0.717, 1.165) is 0 Å². The number of hydrogen-bond acceptors (Lipinski definition) is 2. The number of carbonyl (C=O) groups is 1. The third kappa shape index (κ3) is 4.38. The Kier molecular flexibility index (Phi) is 5.48. The van der Waals surface area contributed by atoms with Crippen molar-refractivity contribution in [2.24, 2.45) is 0 Å². The lowest BCUT2D eigenvalue weighted by Crippen LogP contribution is -2.33. The number of nitrogens with one attached hydrogen (secondary N) is 1. The van der Waals surface area contributed by atoms with E-state index >= 15 is 0 Å². The normalized spacial score (nSPS) is 12.7. The Morgan fingerprint density at radius 1 is 1.53 bits per heavy atom. The van der Waals surface area contributed by atoms with Gasteiger partial charge in [0, 0.05) is 12.1 Å². The van der Waals surface area contributed by atoms with Crippen LogP contribution < -0.4 is 5.32 Å². The van der Waals surface area contributed by atoms with E-state index in [4.69, 9.17) is 28.3 Å². The first-order valence-corrected chi connectivity index (χ1v) is 5.83. The van der Waals surface area contributed by atoms with Gasteiger partial charge in [-0.25, -0.2) is 0 Å². The maximum atomic E-state index is 11.4. The highest BCUT2D eigenvalue weighted by Crippen LogP contribution is 2.26. The number of hydrogen-bond donors (Lipinski definition) is 2. The van der Waals surface area contributed by atoms with Gasteiger partial charge < -0.3 is 10.4 Å². The summed E-state index contributed by atoms with van der Waals surface area (Å²) in [5.74, 6) is -0.289. The van der Waals surface area contributed by atoms with Crippen LogP contribution in [0.1, 0.15) is 12.5 Å². The van der Waals surface area contributed by atoms with E-state index < -0.39 is 0 Å². The van der Waals surface area contributed by atoms with Crippen LogP contribution in [0.25, 0.3) is 6.08 Å². The Balaban J connectivity index is 2.71. The van der Waals surface area contributed by atoms with Gasteiger partial charge in [-0.3, -0.25) is 4.79 Å². The number of aliphatic hydroxyl groups excluding tert-OH is 1. The smallest absolute Gasteiger partial charge is 0.244 e. The van der Waals surface area contributed by atoms with Gasteiger partial charge in [-0.15, -0.1) is 0 Å². The standard InChI is InChI=1S/C12H13Cl2NO2/c1-8(7-16)15-11(17)6-5-9-3-2-4-10(13)12(9)14/h2-6,8,16H,7H2,1H3,(H,15,17)/b6-5+/t8-/m0/s1. The number of carbonyl (C=O) groups excluding carboxylic acids is 1. The Morgan fingerprint density at radius 3 is 2.88 bits per heavy atom. The monoisotopic (exact) mass is 273 g/mol. The van der Waals surface area contributed by atoms with Crippen molar-refractivity contribution in [2.45, 2.75) is 13.0 Å². The first-order chi connectivity index (χ1) is 8.04. The van der Waals surface area contributed by atoms with E-state index in [0.29, 0.717) is 15.6 Å². The highest BCUT2D eigenvalue weighted by Gasteiger charge is 2.04. The molecule has 0 radical (unpaired) electrons. The molecule has 1 aromatic carbocycles. The fourth-order valence-corrected chi connectivity index (χ4v) is 1.52. The second-order valence-corrected chi connectivity index (χ2v) is 4.35. The summed E-state index contributed by atoms with van der Waals surface area (Å²) < 4.78 is 0. The molecule has 0 aliphatic carbocycles. The SMILES string of the molecule is C[C@@H](CO)NC(=O)/C=C/c1cccc(Cl)c1Cl. The minimum atomic E-state index is -0.289. The topological polar surface area (TPSA) is 49.3 Å². The molecule has 0 saturated heterocycles. The molecule has 0 saturated carbocycles. The van der Waals surface area contributed by atoms with E-state index in [1.807, 2.05) is 0 Å². The maximum absolute atomic E-state index is 11.4. The van der Waals surface area contributed by atoms with Crippen LogP contribution in [0.5, 0.6) is 0 Å². The van der Waals surface area contributed by atoms with E-state index in [1.54, 1.807) is 31.2 Å². The molecule has 0 spiro atoms. The van der Waals surface area contributed by atoms with Gasteiger partial charge in [-0.05, 0) is 24.6 Å². The van der Waals surface area contributed by atoms with Gasteiger partial charge in [-0.1, -0.05) is 35.3 Å². The lowest BCUT2D eigenvalue weighted by atomic mass is 10.2. The first kappa shape index (κ1) is 14.0. The van der Waals surface area contributed by atoms with Crippen LogP contribution in [0, 0.1) is 0 Å². The van der Waals surface area contributed by atoms with Crippen LogP contribution >= 0.6 is 23.2 Å². The zero-order valence-electron chi connectivity index (χ0n) is 9.28. The molecule has 3 nitrogen and oxygen atoms in total. The maximum Gasteiger partial charge on any atom is 0.244 e. The van der Waals surface area contributed by atoms with Crippen molar-refractivity contribution < 1.29 is 9.90 Å². The van der Waals surface area contributed by atoms with Crippen LogP contribution in [0.4, 0.5) is 0 Å². The molecular weight excluding hydrogens is 261 g/mol. The molecular formula is C12H13Cl2NO2. The molecule has 0 bridgehead atoms. The van der Waals surface area contributed by atoms with Crippen LogP contribution in [0.3, 0.4) is 0 Å². The lowest BCUT2D eigenvalue weighted by Gasteiger charge is -2.07. The van der Waals surface area contributed by atoms with Crippen molar-refractivity contribution in [2.75, 3.05) is 6.61 Å². The minimum Gasteiger partial charge on any atom is -0.394 e. The summed E-state index contributed by atoms with van der Waals surface area (Å²) >= 11 is 11.8. The summed E-state index contributed by atoms with van der Waals surface area (Å²) in [6, 6.07) is 4.91. The average Bonchev–Trinajstić information content (AvgIpc) is 2.31. The number of amides is 1. The van der Waals surface area contributed by atoms with Crippen LogP contribution in [-0.2, 0) is 4.79 Å². The number of benzene rings is 1. The highest BCUT2D eigenvalue weighted by atomic mass is 35.5. The molecule has 0 unspecified atom stereocenters. The Labute approximate surface area is 110 Å². The Bertz CT molecular complexity index is 433. The zero-order valence-corrected chi connectivity index (χ0v) is 10.8. The highest BCUT2D eigenvalue weighted by molar-refractivity contribution is 6.42. The molecule has 1 rings (SSSR count). The Hall–Kier alpha value is -1.03. The fourth-order valence-electron chi connectivity index (χ4n) is 1.15. The molecule has 17 heavy (non-hydrogen) atoms. The van der Waals surface area contributed by atoms with Crippen molar-refractivity contribution >= 4 is 35.2 Å². The van der Waals surface area contributed by atoms with Gasteiger partial charge in [0.15, 0.2) is 0 Å². The molecule has 92 valence electrons. The van der Waals surface area contributed by atoms with Crippen LogP contribution in [-0.4, -0.2) is 23.7 Å². The predicted molar refractivity (Wildman–Crippen MR) is 70.2 cm³/mol. The fraction of sp³-hybridized carbons (Fsp3) is 0.250.